The number of alkyl halides is 2. The molecule has 0 aliphatic carbocycles. The number of benzene rings is 1. The number of hydrogen-bond donors (Lipinski definition) is 1. The van der Waals surface area contributed by atoms with E-state index in [0.29, 0.717) is 29.5 Å². The topological polar surface area (TPSA) is 66.8 Å². The average Bonchev–Trinajstić information content (AvgIpc) is 2.50. The van der Waals surface area contributed by atoms with Crippen LogP contribution in [0.2, 0.25) is 0 Å². The largest absolute Gasteiger partial charge is 0.481 e. The number of piperidine rings is 1. The Bertz CT molecular complexity index is 624. The van der Waals surface area contributed by atoms with Crippen LogP contribution in [0.25, 0.3) is 0 Å². The van der Waals surface area contributed by atoms with E-state index < -0.39 is 18.5 Å². The van der Waals surface area contributed by atoms with E-state index in [-0.39, 0.29) is 24.2 Å². The summed E-state index contributed by atoms with van der Waals surface area (Å²) in [7, 11) is 0. The molecule has 0 saturated carbocycles. The zero-order valence-corrected chi connectivity index (χ0v) is 13.9. The van der Waals surface area contributed by atoms with Gasteiger partial charge in [0.05, 0.1) is 5.92 Å². The quantitative estimate of drug-likeness (QED) is 0.913. The summed E-state index contributed by atoms with van der Waals surface area (Å²) in [6.45, 7) is 2.30. The summed E-state index contributed by atoms with van der Waals surface area (Å²) in [5, 5.41) is 9.18. The Kier molecular flexibility index (Phi) is 5.41. The lowest BCUT2D eigenvalue weighted by Crippen LogP contribution is -2.47. The van der Waals surface area contributed by atoms with Crippen LogP contribution < -0.4 is 4.74 Å². The van der Waals surface area contributed by atoms with Crippen LogP contribution in [0.5, 0.6) is 5.75 Å². The number of rotatable bonds is 4. The first kappa shape index (κ1) is 18.2. The van der Waals surface area contributed by atoms with Gasteiger partial charge in [0.1, 0.15) is 5.75 Å². The van der Waals surface area contributed by atoms with Gasteiger partial charge >= 0.3 is 12.6 Å². The summed E-state index contributed by atoms with van der Waals surface area (Å²) in [5.74, 6) is -1.71. The van der Waals surface area contributed by atoms with Crippen LogP contribution in [-0.2, 0) is 4.79 Å². The Balaban J connectivity index is 2.27. The van der Waals surface area contributed by atoms with Crippen LogP contribution >= 0.6 is 0 Å². The van der Waals surface area contributed by atoms with Crippen LogP contribution in [0, 0.1) is 19.8 Å². The number of likely N-dealkylation sites (tertiary alicyclic amines) is 1. The molecule has 0 aromatic heterocycles. The summed E-state index contributed by atoms with van der Waals surface area (Å²) in [6, 6.07) is 2.94. The molecule has 0 spiro atoms. The summed E-state index contributed by atoms with van der Waals surface area (Å²) in [5.41, 5.74) is 1.24. The number of carboxylic acids is 1. The molecule has 1 N–H and O–H groups in total. The van der Waals surface area contributed by atoms with Crippen molar-refractivity contribution < 1.29 is 28.2 Å². The van der Waals surface area contributed by atoms with Crippen molar-refractivity contribution in [2.75, 3.05) is 6.54 Å². The van der Waals surface area contributed by atoms with E-state index in [4.69, 9.17) is 0 Å². The molecule has 7 heteroatoms. The van der Waals surface area contributed by atoms with Gasteiger partial charge in [0.2, 0.25) is 0 Å². The summed E-state index contributed by atoms with van der Waals surface area (Å²) < 4.78 is 29.4. The highest BCUT2D eigenvalue weighted by Gasteiger charge is 2.33. The molecule has 1 heterocycles. The highest BCUT2D eigenvalue weighted by atomic mass is 19.3. The van der Waals surface area contributed by atoms with Crippen molar-refractivity contribution in [3.8, 4) is 5.75 Å². The van der Waals surface area contributed by atoms with E-state index in [1.165, 1.54) is 12.1 Å². The Morgan fingerprint density at radius 2 is 1.83 bits per heavy atom. The smallest absolute Gasteiger partial charge is 0.387 e. The fourth-order valence-corrected chi connectivity index (χ4v) is 3.11. The average molecular weight is 341 g/mol. The van der Waals surface area contributed by atoms with E-state index in [1.807, 2.05) is 6.92 Å². The Morgan fingerprint density at radius 1 is 1.25 bits per heavy atom. The number of hydrogen-bond acceptors (Lipinski definition) is 3. The van der Waals surface area contributed by atoms with Crippen molar-refractivity contribution in [1.82, 2.24) is 4.90 Å². The summed E-state index contributed by atoms with van der Waals surface area (Å²) in [4.78, 5) is 25.5. The second-order valence-corrected chi connectivity index (χ2v) is 6.24. The van der Waals surface area contributed by atoms with E-state index in [9.17, 15) is 23.5 Å². The Morgan fingerprint density at radius 3 is 2.33 bits per heavy atom. The van der Waals surface area contributed by atoms with Gasteiger partial charge in [-0.05, 0) is 56.9 Å². The minimum atomic E-state index is -2.93. The van der Waals surface area contributed by atoms with Gasteiger partial charge in [-0.15, -0.1) is 0 Å². The monoisotopic (exact) mass is 341 g/mol. The van der Waals surface area contributed by atoms with Gasteiger partial charge in [0, 0.05) is 18.2 Å². The van der Waals surface area contributed by atoms with E-state index in [1.54, 1.807) is 18.7 Å². The molecule has 1 aromatic rings. The lowest BCUT2D eigenvalue weighted by Gasteiger charge is -2.36. The van der Waals surface area contributed by atoms with Gasteiger partial charge in [-0.25, -0.2) is 0 Å². The molecule has 24 heavy (non-hydrogen) atoms. The molecule has 1 fully saturated rings. The molecule has 1 amide bonds. The third kappa shape index (κ3) is 3.83. The van der Waals surface area contributed by atoms with Crippen LogP contribution in [0.4, 0.5) is 8.78 Å². The molecule has 1 aliphatic heterocycles. The standard InChI is InChI=1S/C17H21F2NO4/c1-9-6-13(7-10(2)14(9)24-17(18)19)15(21)20-8-12(16(22)23)5-4-11(20)3/h6-7,11-12,17H,4-5,8H2,1-3H3,(H,22,23). The van der Waals surface area contributed by atoms with Gasteiger partial charge in [0.15, 0.2) is 0 Å². The molecular formula is C17H21F2NO4. The number of aryl methyl sites for hydroxylation is 2. The number of carboxylic acid groups (broad SMARTS) is 1. The Labute approximate surface area is 139 Å². The minimum absolute atomic E-state index is 0.0642. The summed E-state index contributed by atoms with van der Waals surface area (Å²) >= 11 is 0. The van der Waals surface area contributed by atoms with Crippen molar-refractivity contribution in [1.29, 1.82) is 0 Å². The minimum Gasteiger partial charge on any atom is -0.481 e. The third-order valence-electron chi connectivity index (χ3n) is 4.41. The number of carbonyl (C=O) groups excluding carboxylic acids is 1. The predicted molar refractivity (Wildman–Crippen MR) is 83.4 cm³/mol. The number of carbonyl (C=O) groups is 2. The second-order valence-electron chi connectivity index (χ2n) is 6.24. The normalized spacial score (nSPS) is 21.0. The van der Waals surface area contributed by atoms with Crippen molar-refractivity contribution in [3.05, 3.63) is 28.8 Å². The molecule has 0 radical (unpaired) electrons. The van der Waals surface area contributed by atoms with Crippen molar-refractivity contribution in [3.63, 3.8) is 0 Å². The summed E-state index contributed by atoms with van der Waals surface area (Å²) in [6.07, 6.45) is 1.16. The number of nitrogens with zero attached hydrogens (tertiary/aromatic N) is 1. The zero-order valence-electron chi connectivity index (χ0n) is 13.9. The number of amides is 1. The maximum absolute atomic E-state index is 12.8. The molecule has 2 atom stereocenters. The van der Waals surface area contributed by atoms with Gasteiger partial charge in [-0.3, -0.25) is 9.59 Å². The molecule has 1 aliphatic rings. The van der Waals surface area contributed by atoms with Gasteiger partial charge in [0.25, 0.3) is 5.91 Å². The molecule has 0 bridgehead atoms. The molecule has 2 rings (SSSR count). The maximum atomic E-state index is 12.8. The van der Waals surface area contributed by atoms with Gasteiger partial charge in [-0.1, -0.05) is 0 Å². The highest BCUT2D eigenvalue weighted by Crippen LogP contribution is 2.29. The molecule has 1 saturated heterocycles. The van der Waals surface area contributed by atoms with Crippen LogP contribution in [-0.4, -0.2) is 41.1 Å². The SMILES string of the molecule is Cc1cc(C(=O)N2CC(C(=O)O)CCC2C)cc(C)c1OC(F)F. The third-order valence-corrected chi connectivity index (χ3v) is 4.41. The molecule has 1 aromatic carbocycles. The highest BCUT2D eigenvalue weighted by molar-refractivity contribution is 5.95. The number of halogens is 2. The lowest BCUT2D eigenvalue weighted by molar-refractivity contribution is -0.143. The molecule has 132 valence electrons. The van der Waals surface area contributed by atoms with Crippen molar-refractivity contribution >= 4 is 11.9 Å². The number of ether oxygens (including phenoxy) is 1. The number of aliphatic carboxylic acids is 1. The first-order valence-corrected chi connectivity index (χ1v) is 7.80. The molecular weight excluding hydrogens is 320 g/mol. The second kappa shape index (κ2) is 7.15. The first-order valence-electron chi connectivity index (χ1n) is 7.80. The van der Waals surface area contributed by atoms with Crippen molar-refractivity contribution in [2.24, 2.45) is 5.92 Å². The fourth-order valence-electron chi connectivity index (χ4n) is 3.11. The molecule has 2 unspecified atom stereocenters. The zero-order chi connectivity index (χ0) is 18.0. The predicted octanol–water partition coefficient (Wildman–Crippen LogP) is 3.23. The van der Waals surface area contributed by atoms with Crippen LogP contribution in [0.1, 0.15) is 41.3 Å². The van der Waals surface area contributed by atoms with Gasteiger partial charge < -0.3 is 14.7 Å². The van der Waals surface area contributed by atoms with E-state index >= 15 is 0 Å². The molecule has 5 nitrogen and oxygen atoms in total. The lowest BCUT2D eigenvalue weighted by atomic mass is 9.92. The Hall–Kier alpha value is -2.18. The van der Waals surface area contributed by atoms with E-state index in [0.717, 1.165) is 0 Å². The fraction of sp³-hybridized carbons (Fsp3) is 0.529. The van der Waals surface area contributed by atoms with E-state index in [2.05, 4.69) is 4.74 Å². The first-order chi connectivity index (χ1) is 11.2. The van der Waals surface area contributed by atoms with Gasteiger partial charge in [-0.2, -0.15) is 8.78 Å². The maximum Gasteiger partial charge on any atom is 0.387 e. The van der Waals surface area contributed by atoms with Crippen LogP contribution in [0.3, 0.4) is 0 Å². The van der Waals surface area contributed by atoms with Crippen LogP contribution in [0.15, 0.2) is 12.1 Å². The van der Waals surface area contributed by atoms with Crippen molar-refractivity contribution in [2.45, 2.75) is 46.3 Å².